The average molecular weight is 443 g/mol. The zero-order valence-corrected chi connectivity index (χ0v) is 19.4. The Morgan fingerprint density at radius 1 is 0.938 bits per heavy atom. The number of carbonyl (C=O) groups excluding carboxylic acids is 2. The van der Waals surface area contributed by atoms with Gasteiger partial charge in [-0.2, -0.15) is 0 Å². The third-order valence-corrected chi connectivity index (χ3v) is 7.73. The highest BCUT2D eigenvalue weighted by Crippen LogP contribution is 2.55. The summed E-state index contributed by atoms with van der Waals surface area (Å²) in [5.41, 5.74) is 6.00. The van der Waals surface area contributed by atoms with Gasteiger partial charge in [-0.05, 0) is 42.2 Å². The van der Waals surface area contributed by atoms with Crippen LogP contribution in [0.15, 0.2) is 72.8 Å². The first-order valence-corrected chi connectivity index (χ1v) is 11.9. The summed E-state index contributed by atoms with van der Waals surface area (Å²) in [6.07, 6.45) is 0. The molecule has 0 N–H and O–H groups in total. The van der Waals surface area contributed by atoms with Crippen molar-refractivity contribution in [3.63, 3.8) is 0 Å². The maximum Gasteiger partial charge on any atom is 0.269 e. The van der Waals surface area contributed by atoms with Gasteiger partial charge in [-0.25, -0.2) is 0 Å². The molecule has 0 unspecified atom stereocenters. The molecule has 1 saturated heterocycles. The van der Waals surface area contributed by atoms with Gasteiger partial charge in [-0.1, -0.05) is 74.0 Å². The molecule has 2 amide bonds. The van der Waals surface area contributed by atoms with E-state index in [0.29, 0.717) is 12.5 Å². The molecule has 4 nitrogen and oxygen atoms in total. The van der Waals surface area contributed by atoms with E-state index >= 15 is 0 Å². The number of hydrogen-bond donors (Lipinski definition) is 0. The number of amides is 2. The van der Waals surface area contributed by atoms with E-state index < -0.39 is 4.87 Å². The first kappa shape index (κ1) is 20.8. The van der Waals surface area contributed by atoms with Crippen molar-refractivity contribution >= 4 is 35.0 Å². The highest BCUT2D eigenvalue weighted by atomic mass is 32.2. The van der Waals surface area contributed by atoms with E-state index in [2.05, 4.69) is 57.2 Å². The lowest BCUT2D eigenvalue weighted by Gasteiger charge is -2.33. The molecule has 2 aliphatic heterocycles. The minimum absolute atomic E-state index is 0.0346. The average Bonchev–Trinajstić information content (AvgIpc) is 3.26. The number of nitrogens with zero attached hydrogens (tertiary/aromatic N) is 2. The molecule has 1 atom stereocenters. The number of aryl methyl sites for hydroxylation is 1. The van der Waals surface area contributed by atoms with Crippen LogP contribution in [0.3, 0.4) is 0 Å². The fourth-order valence-corrected chi connectivity index (χ4v) is 5.96. The first-order valence-electron chi connectivity index (χ1n) is 11.0. The van der Waals surface area contributed by atoms with E-state index in [1.54, 1.807) is 4.90 Å². The second kappa shape index (κ2) is 7.82. The van der Waals surface area contributed by atoms with E-state index in [-0.39, 0.29) is 17.6 Å². The predicted octanol–water partition coefficient (Wildman–Crippen LogP) is 5.60. The second-order valence-electron chi connectivity index (χ2n) is 8.80. The van der Waals surface area contributed by atoms with Crippen molar-refractivity contribution in [1.82, 2.24) is 0 Å². The van der Waals surface area contributed by atoms with Crippen molar-refractivity contribution in [1.29, 1.82) is 0 Å². The monoisotopic (exact) mass is 442 g/mol. The molecule has 0 aliphatic carbocycles. The molecule has 1 spiro atoms. The third kappa shape index (κ3) is 3.15. The van der Waals surface area contributed by atoms with Gasteiger partial charge in [0.15, 0.2) is 0 Å². The molecular weight excluding hydrogens is 416 g/mol. The van der Waals surface area contributed by atoms with Gasteiger partial charge in [0.05, 0.1) is 18.0 Å². The van der Waals surface area contributed by atoms with E-state index in [9.17, 15) is 9.59 Å². The van der Waals surface area contributed by atoms with Gasteiger partial charge >= 0.3 is 0 Å². The Balaban J connectivity index is 1.60. The summed E-state index contributed by atoms with van der Waals surface area (Å²) in [5.74, 6) is 0.598. The molecule has 2 aliphatic rings. The number of para-hydroxylation sites is 1. The third-order valence-electron chi connectivity index (χ3n) is 6.34. The van der Waals surface area contributed by atoms with Crippen LogP contribution in [0.4, 0.5) is 11.4 Å². The summed E-state index contributed by atoms with van der Waals surface area (Å²) in [6, 6.07) is 24.2. The molecule has 0 radical (unpaired) electrons. The van der Waals surface area contributed by atoms with Gasteiger partial charge in [-0.15, -0.1) is 11.8 Å². The van der Waals surface area contributed by atoms with Crippen molar-refractivity contribution in [2.24, 2.45) is 0 Å². The summed E-state index contributed by atoms with van der Waals surface area (Å²) in [7, 11) is 0. The maximum absolute atomic E-state index is 14.1. The fraction of sp³-hybridized carbons (Fsp3) is 0.259. The zero-order valence-electron chi connectivity index (χ0n) is 18.5. The van der Waals surface area contributed by atoms with Crippen LogP contribution >= 0.6 is 11.8 Å². The summed E-state index contributed by atoms with van der Waals surface area (Å²) in [4.78, 5) is 29.7. The van der Waals surface area contributed by atoms with Crippen LogP contribution in [0.1, 0.15) is 42.0 Å². The molecule has 32 heavy (non-hydrogen) atoms. The Kier molecular flexibility index (Phi) is 5.09. The topological polar surface area (TPSA) is 40.6 Å². The van der Waals surface area contributed by atoms with Crippen LogP contribution in [0.5, 0.6) is 0 Å². The molecule has 0 aromatic heterocycles. The minimum Gasteiger partial charge on any atom is -0.304 e. The van der Waals surface area contributed by atoms with Crippen LogP contribution in [0.2, 0.25) is 0 Å². The number of carbonyl (C=O) groups is 2. The molecule has 3 aromatic carbocycles. The molecule has 1 fully saturated rings. The van der Waals surface area contributed by atoms with Crippen LogP contribution in [0.25, 0.3) is 0 Å². The standard InChI is InChI=1S/C27H26N2O2S/c1-18(2)21-12-14-22(15-13-21)29-25(30)17-32-27(29)23-6-4-5-7-24(23)28(26(27)31)16-20-10-8-19(3)9-11-20/h4-15,18H,16-17H2,1-3H3/t27-/m0/s1. The van der Waals surface area contributed by atoms with Crippen LogP contribution in [-0.4, -0.2) is 17.6 Å². The molecule has 5 heteroatoms. The number of hydrogen-bond acceptors (Lipinski definition) is 3. The minimum atomic E-state index is -1.06. The Labute approximate surface area is 193 Å². The predicted molar refractivity (Wildman–Crippen MR) is 131 cm³/mol. The molecule has 0 saturated carbocycles. The van der Waals surface area contributed by atoms with Gasteiger partial charge in [-0.3, -0.25) is 14.5 Å². The summed E-state index contributed by atoms with van der Waals surface area (Å²) in [5, 5.41) is 0. The lowest BCUT2D eigenvalue weighted by Crippen LogP contribution is -2.49. The number of anilines is 2. The van der Waals surface area contributed by atoms with Crippen molar-refractivity contribution in [3.8, 4) is 0 Å². The largest absolute Gasteiger partial charge is 0.304 e. The number of thioether (sulfide) groups is 1. The summed E-state index contributed by atoms with van der Waals surface area (Å²) < 4.78 is 0. The lowest BCUT2D eigenvalue weighted by atomic mass is 10.0. The Morgan fingerprint density at radius 2 is 1.62 bits per heavy atom. The Hall–Kier alpha value is -3.05. The van der Waals surface area contributed by atoms with Gasteiger partial charge in [0.1, 0.15) is 0 Å². The van der Waals surface area contributed by atoms with Gasteiger partial charge in [0, 0.05) is 11.3 Å². The highest BCUT2D eigenvalue weighted by molar-refractivity contribution is 8.02. The summed E-state index contributed by atoms with van der Waals surface area (Å²) >= 11 is 1.43. The number of rotatable bonds is 4. The van der Waals surface area contributed by atoms with Gasteiger partial charge in [0.25, 0.3) is 5.91 Å². The zero-order chi connectivity index (χ0) is 22.5. The van der Waals surface area contributed by atoms with E-state index in [4.69, 9.17) is 0 Å². The molecule has 2 heterocycles. The fourth-order valence-electron chi connectivity index (χ4n) is 4.60. The molecular formula is C27H26N2O2S. The molecule has 5 rings (SSSR count). The van der Waals surface area contributed by atoms with Gasteiger partial charge in [0.2, 0.25) is 10.8 Å². The quantitative estimate of drug-likeness (QED) is 0.528. The lowest BCUT2D eigenvalue weighted by molar-refractivity contribution is -0.123. The number of benzene rings is 3. The van der Waals surface area contributed by atoms with Crippen molar-refractivity contribution in [2.75, 3.05) is 15.6 Å². The Morgan fingerprint density at radius 3 is 2.31 bits per heavy atom. The van der Waals surface area contributed by atoms with E-state index in [0.717, 1.165) is 22.5 Å². The number of fused-ring (bicyclic) bond motifs is 2. The van der Waals surface area contributed by atoms with Crippen molar-refractivity contribution in [3.05, 3.63) is 95.1 Å². The second-order valence-corrected chi connectivity index (χ2v) is 9.97. The van der Waals surface area contributed by atoms with Gasteiger partial charge < -0.3 is 4.90 Å². The van der Waals surface area contributed by atoms with Crippen molar-refractivity contribution in [2.45, 2.75) is 38.1 Å². The highest BCUT2D eigenvalue weighted by Gasteiger charge is 2.60. The van der Waals surface area contributed by atoms with Crippen LogP contribution in [0, 0.1) is 6.92 Å². The SMILES string of the molecule is Cc1ccc(CN2C(=O)[C@@]3(SCC(=O)N3c3ccc(C(C)C)cc3)c3ccccc32)cc1. The van der Waals surface area contributed by atoms with E-state index in [1.807, 2.05) is 41.3 Å². The smallest absolute Gasteiger partial charge is 0.269 e. The summed E-state index contributed by atoms with van der Waals surface area (Å²) in [6.45, 7) is 6.82. The van der Waals surface area contributed by atoms with Crippen LogP contribution < -0.4 is 9.80 Å². The molecule has 3 aromatic rings. The Bertz CT molecular complexity index is 1190. The normalized spacial score (nSPS) is 20.0. The maximum atomic E-state index is 14.1. The first-order chi connectivity index (χ1) is 15.4. The van der Waals surface area contributed by atoms with E-state index in [1.165, 1.54) is 22.9 Å². The molecule has 0 bridgehead atoms. The van der Waals surface area contributed by atoms with Crippen LogP contribution in [-0.2, 0) is 21.0 Å². The molecule has 162 valence electrons. The van der Waals surface area contributed by atoms with Crippen molar-refractivity contribution < 1.29 is 9.59 Å².